The Morgan fingerprint density at radius 2 is 1.73 bits per heavy atom. The van der Waals surface area contributed by atoms with Crippen molar-refractivity contribution in [2.24, 2.45) is 5.10 Å². The lowest BCUT2D eigenvalue weighted by molar-refractivity contribution is -0.133. The Hall–Kier alpha value is -4.56. The van der Waals surface area contributed by atoms with Crippen LogP contribution in [0.2, 0.25) is 5.02 Å². The van der Waals surface area contributed by atoms with E-state index in [1.807, 2.05) is 35.2 Å². The third-order valence-corrected chi connectivity index (χ3v) is 7.49. The molecule has 4 aromatic carbocycles. The van der Waals surface area contributed by atoms with Crippen molar-refractivity contribution in [3.8, 4) is 11.5 Å². The van der Waals surface area contributed by atoms with Crippen LogP contribution in [-0.4, -0.2) is 60.8 Å². The quantitative estimate of drug-likeness (QED) is 0.232. The average molecular weight is 571 g/mol. The van der Waals surface area contributed by atoms with Crippen molar-refractivity contribution in [1.29, 1.82) is 0 Å². The number of benzene rings is 4. The second-order valence-electron chi connectivity index (χ2n) is 10.0. The molecule has 2 N–H and O–H groups in total. The number of amides is 2. The van der Waals surface area contributed by atoms with Crippen LogP contribution in [0.15, 0.2) is 77.9 Å². The number of hydrogen-bond acceptors (Lipinski definition) is 6. The number of carbonyl (C=O) groups excluding carboxylic acids is 2. The fourth-order valence-corrected chi connectivity index (χ4v) is 5.07. The number of hydrogen-bond donors (Lipinski definition) is 2. The van der Waals surface area contributed by atoms with Gasteiger partial charge in [-0.1, -0.05) is 48.0 Å². The highest BCUT2D eigenvalue weighted by Gasteiger charge is 2.23. The number of aromatic hydroxyl groups is 1. The largest absolute Gasteiger partial charge is 0.506 e. The molecule has 1 heterocycles. The molecule has 5 rings (SSSR count). The van der Waals surface area contributed by atoms with Gasteiger partial charge in [0.15, 0.2) is 6.61 Å². The minimum absolute atomic E-state index is 0.0441. The van der Waals surface area contributed by atoms with E-state index in [-0.39, 0.29) is 28.8 Å². The second-order valence-corrected chi connectivity index (χ2v) is 10.4. The number of fused-ring (bicyclic) bond motifs is 1. The van der Waals surface area contributed by atoms with Gasteiger partial charge < -0.3 is 19.6 Å². The van der Waals surface area contributed by atoms with Gasteiger partial charge >= 0.3 is 0 Å². The van der Waals surface area contributed by atoms with E-state index in [1.165, 1.54) is 35.0 Å². The van der Waals surface area contributed by atoms with E-state index in [0.29, 0.717) is 18.8 Å². The SMILES string of the molecule is Cc1ccc(C)c(N2CCN(C(=O)COc3ccc(/C=N/NC(=O)c4ccc(O)c(Cl)c4)c4ccccc34)CC2)c1. The Balaban J connectivity index is 1.20. The Kier molecular flexibility index (Phi) is 8.40. The number of rotatable bonds is 7. The monoisotopic (exact) mass is 570 g/mol. The number of nitrogens with one attached hydrogen (secondary N) is 1. The van der Waals surface area contributed by atoms with Crippen molar-refractivity contribution in [3.05, 3.63) is 100 Å². The number of nitrogens with zero attached hydrogens (tertiary/aromatic N) is 3. The number of halogens is 1. The molecule has 0 aromatic heterocycles. The highest BCUT2D eigenvalue weighted by molar-refractivity contribution is 6.32. The van der Waals surface area contributed by atoms with E-state index in [2.05, 4.69) is 47.5 Å². The molecule has 0 atom stereocenters. The van der Waals surface area contributed by atoms with Gasteiger partial charge in [0.05, 0.1) is 11.2 Å². The maximum atomic E-state index is 13.0. The van der Waals surface area contributed by atoms with Crippen LogP contribution in [0, 0.1) is 13.8 Å². The predicted octanol–water partition coefficient (Wildman–Crippen LogP) is 5.31. The molecule has 0 unspecified atom stereocenters. The molecule has 1 aliphatic heterocycles. The summed E-state index contributed by atoms with van der Waals surface area (Å²) in [6.45, 7) is 7.02. The summed E-state index contributed by atoms with van der Waals surface area (Å²) < 4.78 is 6.01. The van der Waals surface area contributed by atoms with E-state index in [4.69, 9.17) is 16.3 Å². The summed E-state index contributed by atoms with van der Waals surface area (Å²) in [7, 11) is 0. The van der Waals surface area contributed by atoms with Crippen LogP contribution >= 0.6 is 11.6 Å². The van der Waals surface area contributed by atoms with Crippen LogP contribution in [0.3, 0.4) is 0 Å². The number of hydrazone groups is 1. The first-order valence-corrected chi connectivity index (χ1v) is 13.7. The second kappa shape index (κ2) is 12.3. The number of phenolic OH excluding ortho intramolecular Hbond substituents is 1. The molecule has 0 saturated carbocycles. The summed E-state index contributed by atoms with van der Waals surface area (Å²) in [4.78, 5) is 29.6. The smallest absolute Gasteiger partial charge is 0.271 e. The molecule has 0 bridgehead atoms. The third-order valence-electron chi connectivity index (χ3n) is 7.19. The van der Waals surface area contributed by atoms with Crippen LogP contribution in [-0.2, 0) is 4.79 Å². The lowest BCUT2D eigenvalue weighted by Crippen LogP contribution is -2.50. The summed E-state index contributed by atoms with van der Waals surface area (Å²) in [6, 6.07) is 21.9. The van der Waals surface area contributed by atoms with Crippen molar-refractivity contribution in [1.82, 2.24) is 10.3 Å². The number of carbonyl (C=O) groups is 2. The maximum Gasteiger partial charge on any atom is 0.271 e. The van der Waals surface area contributed by atoms with Gasteiger partial charge in [0, 0.05) is 48.4 Å². The molecule has 0 aliphatic carbocycles. The van der Waals surface area contributed by atoms with E-state index < -0.39 is 5.91 Å². The molecule has 9 heteroatoms. The zero-order chi connectivity index (χ0) is 28.9. The normalized spacial score (nSPS) is 13.5. The summed E-state index contributed by atoms with van der Waals surface area (Å²) in [6.07, 6.45) is 1.55. The first-order valence-electron chi connectivity index (χ1n) is 13.4. The summed E-state index contributed by atoms with van der Waals surface area (Å²) in [5.41, 5.74) is 7.21. The fraction of sp³-hybridized carbons (Fsp3) is 0.219. The van der Waals surface area contributed by atoms with Crippen molar-refractivity contribution in [2.45, 2.75) is 13.8 Å². The van der Waals surface area contributed by atoms with E-state index in [0.717, 1.165) is 29.4 Å². The highest BCUT2D eigenvalue weighted by Crippen LogP contribution is 2.28. The topological polar surface area (TPSA) is 94.5 Å². The van der Waals surface area contributed by atoms with Gasteiger partial charge in [0.25, 0.3) is 11.8 Å². The molecule has 1 aliphatic rings. The van der Waals surface area contributed by atoms with Crippen LogP contribution in [0.1, 0.15) is 27.0 Å². The first-order chi connectivity index (χ1) is 19.8. The number of ether oxygens (including phenoxy) is 1. The molecular weight excluding hydrogens is 540 g/mol. The number of phenols is 1. The zero-order valence-electron chi connectivity index (χ0n) is 22.9. The molecule has 8 nitrogen and oxygen atoms in total. The third kappa shape index (κ3) is 6.44. The van der Waals surface area contributed by atoms with E-state index >= 15 is 0 Å². The number of anilines is 1. The van der Waals surface area contributed by atoms with Gasteiger partial charge in [-0.05, 0) is 66.8 Å². The average Bonchev–Trinajstić information content (AvgIpc) is 2.99. The summed E-state index contributed by atoms with van der Waals surface area (Å²) >= 11 is 5.89. The van der Waals surface area contributed by atoms with Crippen LogP contribution in [0.5, 0.6) is 11.5 Å². The fourth-order valence-electron chi connectivity index (χ4n) is 4.89. The van der Waals surface area contributed by atoms with Crippen LogP contribution < -0.4 is 15.1 Å². The molecule has 41 heavy (non-hydrogen) atoms. The van der Waals surface area contributed by atoms with Crippen molar-refractivity contribution >= 4 is 46.1 Å². The van der Waals surface area contributed by atoms with Crippen LogP contribution in [0.25, 0.3) is 10.8 Å². The molecule has 210 valence electrons. The van der Waals surface area contributed by atoms with Gasteiger partial charge in [0.1, 0.15) is 11.5 Å². The zero-order valence-corrected chi connectivity index (χ0v) is 23.7. The Morgan fingerprint density at radius 3 is 2.49 bits per heavy atom. The summed E-state index contributed by atoms with van der Waals surface area (Å²) in [5, 5.41) is 15.4. The Morgan fingerprint density at radius 1 is 0.976 bits per heavy atom. The van der Waals surface area contributed by atoms with Crippen molar-refractivity contribution in [3.63, 3.8) is 0 Å². The van der Waals surface area contributed by atoms with Gasteiger partial charge in [0.2, 0.25) is 0 Å². The maximum absolute atomic E-state index is 13.0. The minimum Gasteiger partial charge on any atom is -0.506 e. The minimum atomic E-state index is -0.458. The van der Waals surface area contributed by atoms with Gasteiger partial charge in [-0.15, -0.1) is 0 Å². The molecule has 2 amide bonds. The van der Waals surface area contributed by atoms with E-state index in [9.17, 15) is 14.7 Å². The lowest BCUT2D eigenvalue weighted by Gasteiger charge is -2.37. The molecule has 1 fully saturated rings. The first kappa shape index (κ1) is 28.0. The van der Waals surface area contributed by atoms with Crippen molar-refractivity contribution < 1.29 is 19.4 Å². The molecule has 0 spiro atoms. The predicted molar refractivity (Wildman–Crippen MR) is 162 cm³/mol. The van der Waals surface area contributed by atoms with Gasteiger partial charge in [-0.2, -0.15) is 5.10 Å². The Labute approximate surface area is 243 Å². The lowest BCUT2D eigenvalue weighted by atomic mass is 10.0. The van der Waals surface area contributed by atoms with E-state index in [1.54, 1.807) is 12.3 Å². The Bertz CT molecular complexity index is 1630. The summed E-state index contributed by atoms with van der Waals surface area (Å²) in [5.74, 6) is -0.000918. The number of piperazine rings is 1. The van der Waals surface area contributed by atoms with Gasteiger partial charge in [-0.25, -0.2) is 5.43 Å². The standard InChI is InChI=1S/C32H31ClN4O4/c1-21-7-8-22(2)28(17-21)36-13-15-37(16-14-36)31(39)20-41-30-12-10-24(25-5-3-4-6-26(25)30)19-34-35-32(40)23-9-11-29(38)27(33)18-23/h3-12,17-19,38H,13-16,20H2,1-2H3,(H,35,40)/b34-19+. The molecule has 0 radical (unpaired) electrons. The highest BCUT2D eigenvalue weighted by atomic mass is 35.5. The van der Waals surface area contributed by atoms with Crippen LogP contribution in [0.4, 0.5) is 5.69 Å². The van der Waals surface area contributed by atoms with Gasteiger partial charge in [-0.3, -0.25) is 9.59 Å². The molecule has 1 saturated heterocycles. The molecular formula is C32H31ClN4O4. The molecule has 4 aromatic rings. The van der Waals surface area contributed by atoms with Crippen molar-refractivity contribution in [2.75, 3.05) is 37.7 Å². The number of aryl methyl sites for hydroxylation is 2.